The molecule has 1 N–H and O–H groups in total. The van der Waals surface area contributed by atoms with Crippen LogP contribution >= 0.6 is 0 Å². The normalized spacial score (nSPS) is 12.7. The minimum atomic E-state index is 0.598. The van der Waals surface area contributed by atoms with E-state index in [2.05, 4.69) is 51.2 Å². The highest BCUT2D eigenvalue weighted by atomic mass is 14.8. The van der Waals surface area contributed by atoms with Gasteiger partial charge in [-0.05, 0) is 48.9 Å². The predicted octanol–water partition coefficient (Wildman–Crippen LogP) is 4.66. The standard InChI is InChI=1S/C17H24N2/c1-6-11(3)13-8-9-16-15(10-13)17(18-5)14(7-2)12(4)19-16/h8-11H,6-7H2,1-5H3,(H,18,19). The van der Waals surface area contributed by atoms with E-state index >= 15 is 0 Å². The van der Waals surface area contributed by atoms with Crippen LogP contribution < -0.4 is 5.32 Å². The van der Waals surface area contributed by atoms with E-state index < -0.39 is 0 Å². The summed E-state index contributed by atoms with van der Waals surface area (Å²) in [5.74, 6) is 0.598. The van der Waals surface area contributed by atoms with Gasteiger partial charge in [0, 0.05) is 23.8 Å². The smallest absolute Gasteiger partial charge is 0.0726 e. The number of anilines is 1. The number of benzene rings is 1. The first-order valence-electron chi connectivity index (χ1n) is 7.23. The van der Waals surface area contributed by atoms with Crippen LogP contribution in [0.4, 0.5) is 5.69 Å². The van der Waals surface area contributed by atoms with Crippen molar-refractivity contribution in [3.05, 3.63) is 35.0 Å². The molecule has 2 heteroatoms. The van der Waals surface area contributed by atoms with Crippen LogP contribution in [0.5, 0.6) is 0 Å². The highest BCUT2D eigenvalue weighted by Crippen LogP contribution is 2.31. The average Bonchev–Trinajstić information content (AvgIpc) is 2.44. The first kappa shape index (κ1) is 13.9. The van der Waals surface area contributed by atoms with Gasteiger partial charge in [0.15, 0.2) is 0 Å². The van der Waals surface area contributed by atoms with Crippen LogP contribution in [0.3, 0.4) is 0 Å². The van der Waals surface area contributed by atoms with E-state index in [1.807, 2.05) is 7.05 Å². The van der Waals surface area contributed by atoms with Crippen LogP contribution in [0.15, 0.2) is 18.2 Å². The molecule has 1 aromatic heterocycles. The Morgan fingerprint density at radius 2 is 2.00 bits per heavy atom. The number of hydrogen-bond donors (Lipinski definition) is 1. The van der Waals surface area contributed by atoms with Crippen molar-refractivity contribution in [3.8, 4) is 0 Å². The van der Waals surface area contributed by atoms with Crippen molar-refractivity contribution in [1.29, 1.82) is 0 Å². The molecule has 1 atom stereocenters. The Labute approximate surface area is 116 Å². The van der Waals surface area contributed by atoms with Gasteiger partial charge in [-0.15, -0.1) is 0 Å². The summed E-state index contributed by atoms with van der Waals surface area (Å²) < 4.78 is 0. The number of nitrogens with zero attached hydrogens (tertiary/aromatic N) is 1. The fourth-order valence-electron chi connectivity index (χ4n) is 2.70. The van der Waals surface area contributed by atoms with E-state index in [1.165, 1.54) is 28.6 Å². The van der Waals surface area contributed by atoms with Crippen molar-refractivity contribution in [2.45, 2.75) is 46.5 Å². The van der Waals surface area contributed by atoms with Crippen molar-refractivity contribution in [2.24, 2.45) is 0 Å². The fraction of sp³-hybridized carbons (Fsp3) is 0.471. The summed E-state index contributed by atoms with van der Waals surface area (Å²) >= 11 is 0. The molecule has 102 valence electrons. The molecule has 0 bridgehead atoms. The maximum absolute atomic E-state index is 4.74. The summed E-state index contributed by atoms with van der Waals surface area (Å²) in [4.78, 5) is 4.74. The minimum absolute atomic E-state index is 0.598. The maximum Gasteiger partial charge on any atom is 0.0726 e. The maximum atomic E-state index is 4.74. The van der Waals surface area contributed by atoms with E-state index in [0.29, 0.717) is 5.92 Å². The zero-order chi connectivity index (χ0) is 14.0. The number of nitrogens with one attached hydrogen (secondary N) is 1. The highest BCUT2D eigenvalue weighted by Gasteiger charge is 2.12. The Bertz CT molecular complexity index is 587. The summed E-state index contributed by atoms with van der Waals surface area (Å²) in [5, 5.41) is 4.63. The van der Waals surface area contributed by atoms with Crippen molar-refractivity contribution in [1.82, 2.24) is 4.98 Å². The van der Waals surface area contributed by atoms with Gasteiger partial charge in [0.1, 0.15) is 0 Å². The van der Waals surface area contributed by atoms with E-state index in [9.17, 15) is 0 Å². The van der Waals surface area contributed by atoms with Crippen LogP contribution in [-0.4, -0.2) is 12.0 Å². The Morgan fingerprint density at radius 3 is 2.58 bits per heavy atom. The molecule has 0 aliphatic heterocycles. The molecule has 1 heterocycles. The van der Waals surface area contributed by atoms with Gasteiger partial charge in [0.25, 0.3) is 0 Å². The first-order chi connectivity index (χ1) is 9.12. The average molecular weight is 256 g/mol. The van der Waals surface area contributed by atoms with E-state index in [1.54, 1.807) is 0 Å². The second-order valence-corrected chi connectivity index (χ2v) is 5.24. The molecular formula is C17H24N2. The molecule has 2 aromatic rings. The quantitative estimate of drug-likeness (QED) is 0.860. The molecule has 0 radical (unpaired) electrons. The number of rotatable bonds is 4. The van der Waals surface area contributed by atoms with Gasteiger partial charge in [-0.3, -0.25) is 4.98 Å². The lowest BCUT2D eigenvalue weighted by atomic mass is 9.95. The molecule has 19 heavy (non-hydrogen) atoms. The first-order valence-corrected chi connectivity index (χ1v) is 7.23. The van der Waals surface area contributed by atoms with Crippen molar-refractivity contribution >= 4 is 16.6 Å². The number of fused-ring (bicyclic) bond motifs is 1. The fourth-order valence-corrected chi connectivity index (χ4v) is 2.70. The Hall–Kier alpha value is -1.57. The summed E-state index contributed by atoms with van der Waals surface area (Å²) in [7, 11) is 2.00. The molecule has 1 unspecified atom stereocenters. The summed E-state index contributed by atoms with van der Waals surface area (Å²) in [5.41, 5.74) is 6.20. The highest BCUT2D eigenvalue weighted by molar-refractivity contribution is 5.94. The SMILES string of the molecule is CCc1c(C)nc2ccc(C(C)CC)cc2c1NC. The zero-order valence-electron chi connectivity index (χ0n) is 12.7. The van der Waals surface area contributed by atoms with Crippen LogP contribution in [-0.2, 0) is 6.42 Å². The van der Waals surface area contributed by atoms with Crippen molar-refractivity contribution in [2.75, 3.05) is 12.4 Å². The van der Waals surface area contributed by atoms with E-state index in [4.69, 9.17) is 4.98 Å². The number of aromatic nitrogens is 1. The zero-order valence-corrected chi connectivity index (χ0v) is 12.7. The summed E-state index contributed by atoms with van der Waals surface area (Å²) in [6.07, 6.45) is 2.18. The van der Waals surface area contributed by atoms with E-state index in [0.717, 1.165) is 17.6 Å². The molecule has 1 aromatic carbocycles. The second kappa shape index (κ2) is 5.60. The van der Waals surface area contributed by atoms with Crippen LogP contribution in [0.2, 0.25) is 0 Å². The molecule has 0 aliphatic carbocycles. The molecule has 0 spiro atoms. The number of hydrogen-bond acceptors (Lipinski definition) is 2. The van der Waals surface area contributed by atoms with Gasteiger partial charge in [0.2, 0.25) is 0 Å². The van der Waals surface area contributed by atoms with Crippen LogP contribution in [0.25, 0.3) is 10.9 Å². The molecule has 0 saturated carbocycles. The largest absolute Gasteiger partial charge is 0.387 e. The molecule has 0 fully saturated rings. The lowest BCUT2D eigenvalue weighted by Crippen LogP contribution is -2.02. The lowest BCUT2D eigenvalue weighted by molar-refractivity contribution is 0.734. The Morgan fingerprint density at radius 1 is 1.26 bits per heavy atom. The third-order valence-corrected chi connectivity index (χ3v) is 4.10. The van der Waals surface area contributed by atoms with Crippen LogP contribution in [0, 0.1) is 6.92 Å². The van der Waals surface area contributed by atoms with Crippen LogP contribution in [0.1, 0.15) is 49.9 Å². The van der Waals surface area contributed by atoms with Gasteiger partial charge in [-0.25, -0.2) is 0 Å². The van der Waals surface area contributed by atoms with Crippen molar-refractivity contribution < 1.29 is 0 Å². The molecule has 0 aliphatic rings. The number of aryl methyl sites for hydroxylation is 1. The third kappa shape index (κ3) is 2.44. The predicted molar refractivity (Wildman–Crippen MR) is 84.1 cm³/mol. The van der Waals surface area contributed by atoms with Gasteiger partial charge in [-0.1, -0.05) is 26.8 Å². The lowest BCUT2D eigenvalue weighted by Gasteiger charge is -2.16. The minimum Gasteiger partial charge on any atom is -0.387 e. The number of pyridine rings is 1. The topological polar surface area (TPSA) is 24.9 Å². The second-order valence-electron chi connectivity index (χ2n) is 5.24. The molecule has 2 nitrogen and oxygen atoms in total. The third-order valence-electron chi connectivity index (χ3n) is 4.10. The summed E-state index contributed by atoms with van der Waals surface area (Å²) in [6.45, 7) is 8.80. The van der Waals surface area contributed by atoms with Gasteiger partial charge < -0.3 is 5.32 Å². The molecule has 2 rings (SSSR count). The van der Waals surface area contributed by atoms with Gasteiger partial charge >= 0.3 is 0 Å². The van der Waals surface area contributed by atoms with E-state index in [-0.39, 0.29) is 0 Å². The Balaban J connectivity index is 2.72. The van der Waals surface area contributed by atoms with Gasteiger partial charge in [0.05, 0.1) is 5.52 Å². The van der Waals surface area contributed by atoms with Gasteiger partial charge in [-0.2, -0.15) is 0 Å². The van der Waals surface area contributed by atoms with Crippen molar-refractivity contribution in [3.63, 3.8) is 0 Å². The molecular weight excluding hydrogens is 232 g/mol. The Kier molecular flexibility index (Phi) is 4.08. The summed E-state index contributed by atoms with van der Waals surface area (Å²) in [6, 6.07) is 6.68. The molecule has 0 saturated heterocycles. The molecule has 0 amide bonds. The monoisotopic (exact) mass is 256 g/mol.